The van der Waals surface area contributed by atoms with E-state index in [0.717, 1.165) is 6.42 Å². The van der Waals surface area contributed by atoms with E-state index >= 15 is 0 Å². The first kappa shape index (κ1) is 19.2. The van der Waals surface area contributed by atoms with Crippen LogP contribution in [-0.4, -0.2) is 29.8 Å². The first-order chi connectivity index (χ1) is 10.8. The van der Waals surface area contributed by atoms with Gasteiger partial charge in [-0.15, -0.1) is 0 Å². The van der Waals surface area contributed by atoms with Gasteiger partial charge in [-0.2, -0.15) is 8.78 Å². The largest absolute Gasteiger partial charge is 0.352 e. The van der Waals surface area contributed by atoms with Gasteiger partial charge in [0.15, 0.2) is 0 Å². The Morgan fingerprint density at radius 3 is 2.43 bits per heavy atom. The molecule has 0 aliphatic rings. The number of urea groups is 1. The Balaban J connectivity index is 2.61. The zero-order valence-corrected chi connectivity index (χ0v) is 14.0. The van der Waals surface area contributed by atoms with Gasteiger partial charge in [0.05, 0.1) is 5.69 Å². The van der Waals surface area contributed by atoms with E-state index in [1.54, 1.807) is 19.1 Å². The van der Waals surface area contributed by atoms with Crippen LogP contribution in [0.15, 0.2) is 29.2 Å². The van der Waals surface area contributed by atoms with E-state index in [9.17, 15) is 18.4 Å². The number of rotatable bonds is 7. The number of hydrogen-bond acceptors (Lipinski definition) is 3. The lowest BCUT2D eigenvalue weighted by Crippen LogP contribution is -2.48. The second-order valence-electron chi connectivity index (χ2n) is 5.01. The Morgan fingerprint density at radius 1 is 1.17 bits per heavy atom. The van der Waals surface area contributed by atoms with Gasteiger partial charge in [0, 0.05) is 10.9 Å². The van der Waals surface area contributed by atoms with E-state index in [1.165, 1.54) is 12.1 Å². The predicted octanol–water partition coefficient (Wildman–Crippen LogP) is 3.43. The highest BCUT2D eigenvalue weighted by Gasteiger charge is 2.18. The van der Waals surface area contributed by atoms with Crippen LogP contribution in [0.5, 0.6) is 0 Å². The van der Waals surface area contributed by atoms with Crippen LogP contribution in [0.1, 0.15) is 27.2 Å². The number of benzene rings is 1. The molecule has 0 aromatic heterocycles. The molecule has 0 spiro atoms. The fraction of sp³-hybridized carbons (Fsp3) is 0.467. The molecule has 0 fully saturated rings. The average Bonchev–Trinajstić information content (AvgIpc) is 2.48. The molecule has 2 atom stereocenters. The number of carbonyl (C=O) groups excluding carboxylic acids is 2. The van der Waals surface area contributed by atoms with Crippen molar-refractivity contribution in [3.63, 3.8) is 0 Å². The summed E-state index contributed by atoms with van der Waals surface area (Å²) in [6, 6.07) is 4.90. The quantitative estimate of drug-likeness (QED) is 0.663. The fourth-order valence-electron chi connectivity index (χ4n) is 1.66. The molecule has 0 saturated heterocycles. The highest BCUT2D eigenvalue weighted by Crippen LogP contribution is 2.31. The number of anilines is 1. The monoisotopic (exact) mass is 345 g/mol. The average molecular weight is 345 g/mol. The van der Waals surface area contributed by atoms with Gasteiger partial charge >= 0.3 is 6.03 Å². The summed E-state index contributed by atoms with van der Waals surface area (Å²) >= 11 is 0.349. The minimum atomic E-state index is -2.58. The van der Waals surface area contributed by atoms with E-state index in [2.05, 4.69) is 16.0 Å². The number of hydrogen-bond donors (Lipinski definition) is 3. The minimum absolute atomic E-state index is 0.0120. The smallest absolute Gasteiger partial charge is 0.319 e. The van der Waals surface area contributed by atoms with Gasteiger partial charge < -0.3 is 16.0 Å². The molecule has 3 amide bonds. The summed E-state index contributed by atoms with van der Waals surface area (Å²) in [7, 11) is 0. The van der Waals surface area contributed by atoms with Crippen molar-refractivity contribution in [3.05, 3.63) is 24.3 Å². The lowest BCUT2D eigenvalue weighted by molar-refractivity contribution is -0.123. The predicted molar refractivity (Wildman–Crippen MR) is 87.8 cm³/mol. The first-order valence-electron chi connectivity index (χ1n) is 7.25. The molecule has 128 valence electrons. The molecular weight excluding hydrogens is 324 g/mol. The maximum absolute atomic E-state index is 12.5. The third-order valence-corrected chi connectivity index (χ3v) is 3.88. The zero-order chi connectivity index (χ0) is 17.4. The molecule has 0 heterocycles. The summed E-state index contributed by atoms with van der Waals surface area (Å²) in [4.78, 5) is 24.0. The third-order valence-electron chi connectivity index (χ3n) is 3.09. The molecule has 0 unspecified atom stereocenters. The second kappa shape index (κ2) is 9.34. The molecule has 1 aromatic rings. The van der Waals surface area contributed by atoms with Crippen molar-refractivity contribution >= 4 is 29.4 Å². The van der Waals surface area contributed by atoms with Gasteiger partial charge in [0.25, 0.3) is 5.76 Å². The van der Waals surface area contributed by atoms with Crippen LogP contribution in [0.25, 0.3) is 0 Å². The SMILES string of the molecule is CC[C@H](C)NC(=O)[C@@H](C)NC(=O)Nc1ccccc1SC(F)F. The van der Waals surface area contributed by atoms with E-state index < -0.39 is 17.8 Å². The molecule has 1 aromatic carbocycles. The van der Waals surface area contributed by atoms with Crippen LogP contribution in [0.3, 0.4) is 0 Å². The topological polar surface area (TPSA) is 70.2 Å². The molecule has 3 N–H and O–H groups in total. The lowest BCUT2D eigenvalue weighted by atomic mass is 10.2. The molecule has 23 heavy (non-hydrogen) atoms. The van der Waals surface area contributed by atoms with Gasteiger partial charge in [0.2, 0.25) is 5.91 Å². The number of alkyl halides is 2. The summed E-state index contributed by atoms with van der Waals surface area (Å²) in [5.41, 5.74) is 0.268. The lowest BCUT2D eigenvalue weighted by Gasteiger charge is -2.18. The molecule has 0 bridgehead atoms. The summed E-state index contributed by atoms with van der Waals surface area (Å²) in [5.74, 6) is -2.88. The highest BCUT2D eigenvalue weighted by atomic mass is 32.2. The van der Waals surface area contributed by atoms with E-state index in [4.69, 9.17) is 0 Å². The Kier molecular flexibility index (Phi) is 7.80. The van der Waals surface area contributed by atoms with Gasteiger partial charge in [-0.05, 0) is 32.4 Å². The first-order valence-corrected chi connectivity index (χ1v) is 8.13. The van der Waals surface area contributed by atoms with E-state index in [1.807, 2.05) is 13.8 Å². The van der Waals surface area contributed by atoms with Crippen molar-refractivity contribution in [1.82, 2.24) is 10.6 Å². The van der Waals surface area contributed by atoms with Crippen molar-refractivity contribution < 1.29 is 18.4 Å². The van der Waals surface area contributed by atoms with E-state index in [-0.39, 0.29) is 22.5 Å². The number of nitrogens with one attached hydrogen (secondary N) is 3. The molecular formula is C15H21F2N3O2S. The van der Waals surface area contributed by atoms with Crippen LogP contribution in [0.2, 0.25) is 0 Å². The number of thioether (sulfide) groups is 1. The van der Waals surface area contributed by atoms with E-state index in [0.29, 0.717) is 11.8 Å². The Hall–Kier alpha value is -1.83. The molecule has 8 heteroatoms. The number of amides is 3. The number of para-hydroxylation sites is 1. The third kappa shape index (κ3) is 6.85. The fourth-order valence-corrected chi connectivity index (χ4v) is 2.25. The molecule has 5 nitrogen and oxygen atoms in total. The van der Waals surface area contributed by atoms with Crippen LogP contribution in [-0.2, 0) is 4.79 Å². The zero-order valence-electron chi connectivity index (χ0n) is 13.2. The molecule has 0 aliphatic carbocycles. The summed E-state index contributed by atoms with van der Waals surface area (Å²) in [5, 5.41) is 7.72. The van der Waals surface area contributed by atoms with Crippen molar-refractivity contribution in [2.75, 3.05) is 5.32 Å². The van der Waals surface area contributed by atoms with Crippen LogP contribution >= 0.6 is 11.8 Å². The van der Waals surface area contributed by atoms with Gasteiger partial charge in [0.1, 0.15) is 6.04 Å². The molecule has 1 rings (SSSR count). The van der Waals surface area contributed by atoms with Crippen LogP contribution in [0, 0.1) is 0 Å². The van der Waals surface area contributed by atoms with Crippen molar-refractivity contribution in [1.29, 1.82) is 0 Å². The highest BCUT2D eigenvalue weighted by molar-refractivity contribution is 7.99. The minimum Gasteiger partial charge on any atom is -0.352 e. The van der Waals surface area contributed by atoms with Crippen LogP contribution in [0.4, 0.5) is 19.3 Å². The Morgan fingerprint density at radius 2 is 1.83 bits per heavy atom. The Bertz CT molecular complexity index is 543. The maximum atomic E-state index is 12.5. The second-order valence-corrected chi connectivity index (χ2v) is 6.04. The molecule has 0 saturated carbocycles. The number of halogens is 2. The standard InChI is InChI=1S/C15H21F2N3O2S/c1-4-9(2)18-13(21)10(3)19-15(22)20-11-7-5-6-8-12(11)23-14(16)17/h5-10,14H,4H2,1-3H3,(H,18,21)(H2,19,20,22)/t9-,10+/m0/s1. The summed E-state index contributed by atoms with van der Waals surface area (Å²) in [6.45, 7) is 5.35. The Labute approximate surface area is 138 Å². The van der Waals surface area contributed by atoms with Crippen molar-refractivity contribution in [2.24, 2.45) is 0 Å². The van der Waals surface area contributed by atoms with Gasteiger partial charge in [-0.25, -0.2) is 4.79 Å². The van der Waals surface area contributed by atoms with Gasteiger partial charge in [-0.3, -0.25) is 4.79 Å². The van der Waals surface area contributed by atoms with Crippen molar-refractivity contribution in [2.45, 2.75) is 49.9 Å². The summed E-state index contributed by atoms with van der Waals surface area (Å²) in [6.07, 6.45) is 0.781. The van der Waals surface area contributed by atoms with Crippen LogP contribution < -0.4 is 16.0 Å². The van der Waals surface area contributed by atoms with Crippen molar-refractivity contribution in [3.8, 4) is 0 Å². The maximum Gasteiger partial charge on any atom is 0.319 e. The number of carbonyl (C=O) groups is 2. The van der Waals surface area contributed by atoms with Gasteiger partial charge in [-0.1, -0.05) is 30.8 Å². The molecule has 0 radical (unpaired) electrons. The summed E-state index contributed by atoms with van der Waals surface area (Å²) < 4.78 is 25.0. The molecule has 0 aliphatic heterocycles. The normalized spacial score (nSPS) is 13.3.